The molecule has 13 heavy (non-hydrogen) atoms. The van der Waals surface area contributed by atoms with Crippen molar-refractivity contribution in [2.24, 2.45) is 0 Å². The molecule has 0 aliphatic heterocycles. The first-order valence-corrected chi connectivity index (χ1v) is 4.19. The standard InChI is InChI=1S/C8H7Cl2NO2/c9-11(10)8(13)7-4-2-1-3-6(7)5-12/h1-4,12H,5H2. The van der Waals surface area contributed by atoms with E-state index in [1.165, 1.54) is 0 Å². The van der Waals surface area contributed by atoms with Gasteiger partial charge in [0.15, 0.2) is 0 Å². The summed E-state index contributed by atoms with van der Waals surface area (Å²) >= 11 is 10.5. The number of aliphatic hydroxyl groups excluding tert-OH is 1. The van der Waals surface area contributed by atoms with Gasteiger partial charge >= 0.3 is 0 Å². The molecule has 0 spiro atoms. The number of rotatable bonds is 2. The Morgan fingerprint density at radius 2 is 2.00 bits per heavy atom. The van der Waals surface area contributed by atoms with Gasteiger partial charge in [0.25, 0.3) is 5.91 Å². The molecule has 1 amide bonds. The highest BCUT2D eigenvalue weighted by Crippen LogP contribution is 2.14. The van der Waals surface area contributed by atoms with Gasteiger partial charge in [-0.1, -0.05) is 18.2 Å². The van der Waals surface area contributed by atoms with Crippen molar-refractivity contribution in [2.75, 3.05) is 0 Å². The Morgan fingerprint density at radius 1 is 1.38 bits per heavy atom. The summed E-state index contributed by atoms with van der Waals surface area (Å²) in [5.74, 6) is -0.548. The van der Waals surface area contributed by atoms with Crippen LogP contribution in [0.25, 0.3) is 0 Å². The van der Waals surface area contributed by atoms with Crippen LogP contribution < -0.4 is 0 Å². The minimum Gasteiger partial charge on any atom is -0.392 e. The van der Waals surface area contributed by atoms with Crippen molar-refractivity contribution in [1.82, 2.24) is 3.94 Å². The predicted octanol–water partition coefficient (Wildman–Crippen LogP) is 1.93. The summed E-state index contributed by atoms with van der Waals surface area (Å²) in [5, 5.41) is 8.89. The molecule has 0 bridgehead atoms. The fourth-order valence-electron chi connectivity index (χ4n) is 0.958. The second kappa shape index (κ2) is 4.46. The molecule has 70 valence electrons. The average molecular weight is 220 g/mol. The van der Waals surface area contributed by atoms with Gasteiger partial charge in [0.1, 0.15) is 0 Å². The van der Waals surface area contributed by atoms with Crippen LogP contribution in [-0.2, 0) is 6.61 Å². The van der Waals surface area contributed by atoms with E-state index in [0.29, 0.717) is 15.1 Å². The number of benzene rings is 1. The molecule has 0 unspecified atom stereocenters. The largest absolute Gasteiger partial charge is 0.392 e. The molecule has 0 atom stereocenters. The van der Waals surface area contributed by atoms with E-state index in [9.17, 15) is 4.79 Å². The first-order chi connectivity index (χ1) is 6.16. The quantitative estimate of drug-likeness (QED) is 0.773. The van der Waals surface area contributed by atoms with Crippen LogP contribution in [0, 0.1) is 0 Å². The van der Waals surface area contributed by atoms with Gasteiger partial charge < -0.3 is 5.11 Å². The number of aliphatic hydroxyl groups is 1. The van der Waals surface area contributed by atoms with Gasteiger partial charge in [-0.3, -0.25) is 4.79 Å². The summed E-state index contributed by atoms with van der Waals surface area (Å²) in [6.45, 7) is -0.219. The van der Waals surface area contributed by atoms with E-state index in [1.54, 1.807) is 24.3 Å². The number of amides is 1. The highest BCUT2D eigenvalue weighted by Gasteiger charge is 2.14. The van der Waals surface area contributed by atoms with Crippen LogP contribution in [0.5, 0.6) is 0 Å². The molecule has 0 saturated carbocycles. The van der Waals surface area contributed by atoms with E-state index < -0.39 is 5.91 Å². The summed E-state index contributed by atoms with van der Waals surface area (Å²) in [4.78, 5) is 11.3. The van der Waals surface area contributed by atoms with Crippen molar-refractivity contribution in [3.8, 4) is 0 Å². The lowest BCUT2D eigenvalue weighted by atomic mass is 10.1. The molecule has 0 saturated heterocycles. The zero-order valence-electron chi connectivity index (χ0n) is 6.58. The summed E-state index contributed by atoms with van der Waals surface area (Å²) in [5.41, 5.74) is 0.800. The Balaban J connectivity index is 3.06. The van der Waals surface area contributed by atoms with Gasteiger partial charge in [0, 0.05) is 29.1 Å². The Hall–Kier alpha value is -0.770. The van der Waals surface area contributed by atoms with Gasteiger partial charge in [0.2, 0.25) is 0 Å². The molecule has 3 nitrogen and oxygen atoms in total. The van der Waals surface area contributed by atoms with Crippen LogP contribution in [0.4, 0.5) is 0 Å². The highest BCUT2D eigenvalue weighted by molar-refractivity contribution is 6.43. The minimum absolute atomic E-state index is 0.219. The number of carbonyl (C=O) groups is 1. The second-order valence-electron chi connectivity index (χ2n) is 2.35. The Kier molecular flexibility index (Phi) is 3.54. The Bertz CT molecular complexity index is 315. The molecule has 1 aromatic carbocycles. The third-order valence-electron chi connectivity index (χ3n) is 1.57. The molecular formula is C8H7Cl2NO2. The van der Waals surface area contributed by atoms with E-state index in [4.69, 9.17) is 28.7 Å². The van der Waals surface area contributed by atoms with Crippen molar-refractivity contribution in [3.05, 3.63) is 35.4 Å². The van der Waals surface area contributed by atoms with Crippen molar-refractivity contribution in [2.45, 2.75) is 6.61 Å². The lowest BCUT2D eigenvalue weighted by Gasteiger charge is -2.07. The second-order valence-corrected chi connectivity index (χ2v) is 3.20. The van der Waals surface area contributed by atoms with E-state index in [1.807, 2.05) is 0 Å². The molecule has 0 fully saturated rings. The minimum atomic E-state index is -0.548. The summed E-state index contributed by atoms with van der Waals surface area (Å²) in [6.07, 6.45) is 0. The lowest BCUT2D eigenvalue weighted by Crippen LogP contribution is -2.13. The maximum absolute atomic E-state index is 11.3. The molecule has 0 heterocycles. The molecule has 1 N–H and O–H groups in total. The Labute approximate surface area is 85.7 Å². The van der Waals surface area contributed by atoms with Crippen molar-refractivity contribution in [1.29, 1.82) is 0 Å². The molecular weight excluding hydrogens is 213 g/mol. The molecule has 1 rings (SSSR count). The fourth-order valence-corrected chi connectivity index (χ4v) is 1.14. The van der Waals surface area contributed by atoms with E-state index in [0.717, 1.165) is 0 Å². The highest BCUT2D eigenvalue weighted by atomic mass is 35.5. The van der Waals surface area contributed by atoms with Crippen LogP contribution in [-0.4, -0.2) is 15.0 Å². The predicted molar refractivity (Wildman–Crippen MR) is 50.2 cm³/mol. The SMILES string of the molecule is O=C(c1ccccc1CO)N(Cl)Cl. The maximum atomic E-state index is 11.3. The maximum Gasteiger partial charge on any atom is 0.283 e. The van der Waals surface area contributed by atoms with E-state index >= 15 is 0 Å². The Morgan fingerprint density at radius 3 is 2.54 bits per heavy atom. The smallest absolute Gasteiger partial charge is 0.283 e. The van der Waals surface area contributed by atoms with E-state index in [-0.39, 0.29) is 6.61 Å². The number of carbonyl (C=O) groups excluding carboxylic acids is 1. The summed E-state index contributed by atoms with van der Waals surface area (Å²) in [7, 11) is 0. The van der Waals surface area contributed by atoms with Gasteiger partial charge in [-0.05, 0) is 11.6 Å². The van der Waals surface area contributed by atoms with E-state index in [2.05, 4.69) is 0 Å². The topological polar surface area (TPSA) is 40.5 Å². The molecule has 0 aliphatic rings. The van der Waals surface area contributed by atoms with Crippen molar-refractivity contribution >= 4 is 29.5 Å². The first-order valence-electron chi connectivity index (χ1n) is 3.51. The van der Waals surface area contributed by atoms with Gasteiger partial charge in [-0.15, -0.1) is 0 Å². The first kappa shape index (κ1) is 10.3. The summed E-state index contributed by atoms with van der Waals surface area (Å²) < 4.78 is 0.439. The van der Waals surface area contributed by atoms with Crippen LogP contribution in [0.1, 0.15) is 15.9 Å². The fraction of sp³-hybridized carbons (Fsp3) is 0.125. The number of hydrogen-bond donors (Lipinski definition) is 1. The normalized spacial score (nSPS) is 9.77. The van der Waals surface area contributed by atoms with Crippen LogP contribution in [0.15, 0.2) is 24.3 Å². The molecule has 0 aromatic heterocycles. The van der Waals surface area contributed by atoms with Crippen LogP contribution >= 0.6 is 23.6 Å². The zero-order valence-corrected chi connectivity index (χ0v) is 8.09. The van der Waals surface area contributed by atoms with Gasteiger partial charge in [-0.25, -0.2) is 0 Å². The zero-order chi connectivity index (χ0) is 9.84. The molecule has 1 aromatic rings. The van der Waals surface area contributed by atoms with Crippen LogP contribution in [0.2, 0.25) is 0 Å². The number of halogens is 2. The number of hydrogen-bond acceptors (Lipinski definition) is 2. The third kappa shape index (κ3) is 2.34. The molecule has 5 heteroatoms. The van der Waals surface area contributed by atoms with Crippen molar-refractivity contribution in [3.63, 3.8) is 0 Å². The summed E-state index contributed by atoms with van der Waals surface area (Å²) in [6, 6.07) is 6.56. The molecule has 0 aliphatic carbocycles. The van der Waals surface area contributed by atoms with Crippen LogP contribution in [0.3, 0.4) is 0 Å². The molecule has 0 radical (unpaired) electrons. The monoisotopic (exact) mass is 219 g/mol. The third-order valence-corrected chi connectivity index (χ3v) is 1.88. The van der Waals surface area contributed by atoms with Gasteiger partial charge in [-0.2, -0.15) is 3.94 Å². The number of nitrogens with zero attached hydrogens (tertiary/aromatic N) is 1. The van der Waals surface area contributed by atoms with Gasteiger partial charge in [0.05, 0.1) is 6.61 Å². The average Bonchev–Trinajstić information content (AvgIpc) is 2.16. The van der Waals surface area contributed by atoms with Crippen molar-refractivity contribution < 1.29 is 9.90 Å². The lowest BCUT2D eigenvalue weighted by molar-refractivity contribution is 0.0921.